The molecule has 3 rings (SSSR count). The number of aliphatic carboxylic acids is 1. The van der Waals surface area contributed by atoms with Crippen molar-refractivity contribution in [1.29, 1.82) is 0 Å². The molecule has 2 N–H and O–H groups in total. The van der Waals surface area contributed by atoms with E-state index in [1.807, 2.05) is 0 Å². The first kappa shape index (κ1) is 16.5. The van der Waals surface area contributed by atoms with Gasteiger partial charge in [-0.05, 0) is 37.5 Å². The Bertz CT molecular complexity index is 665. The van der Waals surface area contributed by atoms with Crippen LogP contribution in [0.5, 0.6) is 0 Å². The predicted molar refractivity (Wildman–Crippen MR) is 88.9 cm³/mol. The zero-order valence-electron chi connectivity index (χ0n) is 13.6. The quantitative estimate of drug-likeness (QED) is 0.887. The highest BCUT2D eigenvalue weighted by atomic mass is 16.4. The fraction of sp³-hybridized carbons (Fsp3) is 0.500. The van der Waals surface area contributed by atoms with Gasteiger partial charge in [0.2, 0.25) is 5.91 Å². The van der Waals surface area contributed by atoms with Crippen LogP contribution in [0.1, 0.15) is 55.3 Å². The van der Waals surface area contributed by atoms with E-state index in [1.165, 1.54) is 0 Å². The van der Waals surface area contributed by atoms with E-state index >= 15 is 0 Å². The monoisotopic (exact) mass is 330 g/mol. The van der Waals surface area contributed by atoms with E-state index < -0.39 is 17.4 Å². The summed E-state index contributed by atoms with van der Waals surface area (Å²) >= 11 is 0. The Hall–Kier alpha value is -2.37. The highest BCUT2D eigenvalue weighted by Crippen LogP contribution is 2.29. The van der Waals surface area contributed by atoms with Crippen molar-refractivity contribution < 1.29 is 19.5 Å². The molecule has 1 aliphatic carbocycles. The van der Waals surface area contributed by atoms with E-state index in [9.17, 15) is 19.5 Å². The Morgan fingerprint density at radius 2 is 1.88 bits per heavy atom. The number of amides is 2. The van der Waals surface area contributed by atoms with E-state index in [-0.39, 0.29) is 5.91 Å². The predicted octanol–water partition coefficient (Wildman–Crippen LogP) is 2.33. The van der Waals surface area contributed by atoms with Crippen LogP contribution < -0.4 is 10.2 Å². The second-order valence-corrected chi connectivity index (χ2v) is 6.60. The number of hydrogen-bond acceptors (Lipinski definition) is 3. The summed E-state index contributed by atoms with van der Waals surface area (Å²) in [5.41, 5.74) is -0.0917. The third-order valence-corrected chi connectivity index (χ3v) is 4.96. The SMILES string of the molecule is O=C(NC1(C(=O)O)CCCCC1)c1cccc(N2CCCC2=O)c1. The van der Waals surface area contributed by atoms with Gasteiger partial charge in [0.05, 0.1) is 0 Å². The molecule has 2 fully saturated rings. The van der Waals surface area contributed by atoms with Crippen molar-refractivity contribution in [3.8, 4) is 0 Å². The smallest absolute Gasteiger partial charge is 0.329 e. The van der Waals surface area contributed by atoms with Crippen LogP contribution >= 0.6 is 0 Å². The third kappa shape index (κ3) is 3.13. The first-order chi connectivity index (χ1) is 11.5. The average molecular weight is 330 g/mol. The van der Waals surface area contributed by atoms with Crippen molar-refractivity contribution >= 4 is 23.5 Å². The van der Waals surface area contributed by atoms with Gasteiger partial charge in [0.25, 0.3) is 5.91 Å². The summed E-state index contributed by atoms with van der Waals surface area (Å²) in [5.74, 6) is -1.31. The van der Waals surface area contributed by atoms with Crippen molar-refractivity contribution in [3.05, 3.63) is 29.8 Å². The standard InChI is InChI=1S/C18H22N2O4/c21-15-8-5-11-20(15)14-7-4-6-13(12-14)16(22)19-18(17(23)24)9-2-1-3-10-18/h4,6-7,12H,1-3,5,8-11H2,(H,19,22)(H,23,24). The summed E-state index contributed by atoms with van der Waals surface area (Å²) in [7, 11) is 0. The van der Waals surface area contributed by atoms with E-state index in [0.29, 0.717) is 37.1 Å². The Kier molecular flexibility index (Phi) is 4.55. The summed E-state index contributed by atoms with van der Waals surface area (Å²) in [6.45, 7) is 0.656. The number of carbonyl (C=O) groups is 3. The molecule has 0 unspecified atom stereocenters. The van der Waals surface area contributed by atoms with Gasteiger partial charge in [0.1, 0.15) is 5.54 Å². The maximum atomic E-state index is 12.6. The van der Waals surface area contributed by atoms with Crippen molar-refractivity contribution in [2.24, 2.45) is 0 Å². The molecule has 6 heteroatoms. The van der Waals surface area contributed by atoms with Gasteiger partial charge in [-0.2, -0.15) is 0 Å². The second-order valence-electron chi connectivity index (χ2n) is 6.60. The number of carboxylic acids is 1. The van der Waals surface area contributed by atoms with Gasteiger partial charge in [-0.1, -0.05) is 25.3 Å². The number of rotatable bonds is 4. The van der Waals surface area contributed by atoms with Gasteiger partial charge in [-0.15, -0.1) is 0 Å². The molecule has 0 spiro atoms. The zero-order valence-corrected chi connectivity index (χ0v) is 13.6. The fourth-order valence-corrected chi connectivity index (χ4v) is 3.57. The Morgan fingerprint density at radius 1 is 1.12 bits per heavy atom. The molecule has 1 saturated carbocycles. The number of benzene rings is 1. The molecule has 1 aromatic rings. The normalized spacial score (nSPS) is 20.0. The molecule has 2 aliphatic rings. The second kappa shape index (κ2) is 6.63. The molecular weight excluding hydrogens is 308 g/mol. The largest absolute Gasteiger partial charge is 0.480 e. The summed E-state index contributed by atoms with van der Waals surface area (Å²) in [6, 6.07) is 6.84. The zero-order chi connectivity index (χ0) is 17.2. The highest BCUT2D eigenvalue weighted by Gasteiger charge is 2.41. The first-order valence-electron chi connectivity index (χ1n) is 8.48. The van der Waals surface area contributed by atoms with Gasteiger partial charge in [0, 0.05) is 24.2 Å². The minimum Gasteiger partial charge on any atom is -0.480 e. The number of carboxylic acid groups (broad SMARTS) is 1. The lowest BCUT2D eigenvalue weighted by molar-refractivity contribution is -0.145. The van der Waals surface area contributed by atoms with Crippen LogP contribution in [-0.4, -0.2) is 35.0 Å². The molecule has 24 heavy (non-hydrogen) atoms. The van der Waals surface area contributed by atoms with Gasteiger partial charge >= 0.3 is 5.97 Å². The van der Waals surface area contributed by atoms with E-state index in [4.69, 9.17) is 0 Å². The van der Waals surface area contributed by atoms with Crippen LogP contribution in [0.4, 0.5) is 5.69 Å². The molecule has 1 heterocycles. The summed E-state index contributed by atoms with van der Waals surface area (Å²) < 4.78 is 0. The van der Waals surface area contributed by atoms with Gasteiger partial charge < -0.3 is 15.3 Å². The fourth-order valence-electron chi connectivity index (χ4n) is 3.57. The van der Waals surface area contributed by atoms with Crippen LogP contribution in [0.3, 0.4) is 0 Å². The molecular formula is C18H22N2O4. The van der Waals surface area contributed by atoms with Gasteiger partial charge in [-0.25, -0.2) is 4.79 Å². The molecule has 128 valence electrons. The first-order valence-corrected chi connectivity index (χ1v) is 8.48. The Balaban J connectivity index is 1.79. The number of hydrogen-bond donors (Lipinski definition) is 2. The van der Waals surface area contributed by atoms with E-state index in [2.05, 4.69) is 5.32 Å². The van der Waals surface area contributed by atoms with Crippen molar-refractivity contribution in [3.63, 3.8) is 0 Å². The van der Waals surface area contributed by atoms with Crippen molar-refractivity contribution in [2.75, 3.05) is 11.4 Å². The van der Waals surface area contributed by atoms with Crippen LogP contribution in [0.25, 0.3) is 0 Å². The topological polar surface area (TPSA) is 86.7 Å². The summed E-state index contributed by atoms with van der Waals surface area (Å²) in [4.78, 5) is 37.8. The van der Waals surface area contributed by atoms with Gasteiger partial charge in [0.15, 0.2) is 0 Å². The lowest BCUT2D eigenvalue weighted by Gasteiger charge is -2.34. The molecule has 0 atom stereocenters. The van der Waals surface area contributed by atoms with Crippen molar-refractivity contribution in [2.45, 2.75) is 50.5 Å². The molecule has 2 amide bonds. The highest BCUT2D eigenvalue weighted by molar-refractivity contribution is 6.00. The number of carbonyl (C=O) groups excluding carboxylic acids is 2. The third-order valence-electron chi connectivity index (χ3n) is 4.96. The van der Waals surface area contributed by atoms with Crippen LogP contribution in [0.15, 0.2) is 24.3 Å². The maximum Gasteiger partial charge on any atom is 0.329 e. The lowest BCUT2D eigenvalue weighted by atomic mass is 9.81. The van der Waals surface area contributed by atoms with Crippen LogP contribution in [0.2, 0.25) is 0 Å². The summed E-state index contributed by atoms with van der Waals surface area (Å²) in [6.07, 6.45) is 4.86. The van der Waals surface area contributed by atoms with Crippen LogP contribution in [0, 0.1) is 0 Å². The number of anilines is 1. The van der Waals surface area contributed by atoms with E-state index in [1.54, 1.807) is 29.2 Å². The molecule has 0 radical (unpaired) electrons. The lowest BCUT2D eigenvalue weighted by Crippen LogP contribution is -2.55. The van der Waals surface area contributed by atoms with E-state index in [0.717, 1.165) is 25.7 Å². The minimum absolute atomic E-state index is 0.0573. The Labute approximate surface area is 140 Å². The maximum absolute atomic E-state index is 12.6. The average Bonchev–Trinajstić information content (AvgIpc) is 3.02. The molecule has 1 aliphatic heterocycles. The molecule has 0 bridgehead atoms. The molecule has 1 saturated heterocycles. The summed E-state index contributed by atoms with van der Waals surface area (Å²) in [5, 5.41) is 12.3. The van der Waals surface area contributed by atoms with Crippen LogP contribution in [-0.2, 0) is 9.59 Å². The number of nitrogens with one attached hydrogen (secondary N) is 1. The van der Waals surface area contributed by atoms with Gasteiger partial charge in [-0.3, -0.25) is 9.59 Å². The molecule has 6 nitrogen and oxygen atoms in total. The molecule has 1 aromatic carbocycles. The minimum atomic E-state index is -1.17. The Morgan fingerprint density at radius 3 is 2.50 bits per heavy atom. The van der Waals surface area contributed by atoms with Crippen molar-refractivity contribution in [1.82, 2.24) is 5.32 Å². The molecule has 0 aromatic heterocycles. The number of nitrogens with zero attached hydrogens (tertiary/aromatic N) is 1.